The van der Waals surface area contributed by atoms with Crippen molar-refractivity contribution < 1.29 is 4.79 Å². The summed E-state index contributed by atoms with van der Waals surface area (Å²) in [5.41, 5.74) is 0. The first-order chi connectivity index (χ1) is 7.72. The summed E-state index contributed by atoms with van der Waals surface area (Å²) in [6.45, 7) is 3.12. The summed E-state index contributed by atoms with van der Waals surface area (Å²) in [5.74, 6) is 2.07. The Balaban J connectivity index is 1.93. The van der Waals surface area contributed by atoms with Gasteiger partial charge in [0.05, 0.1) is 0 Å². The molecule has 0 radical (unpaired) electrons. The molecule has 1 heterocycles. The minimum atomic E-state index is 0.323. The largest absolute Gasteiger partial charge is 0.339 e. The van der Waals surface area contributed by atoms with E-state index in [0.717, 1.165) is 12.5 Å². The third kappa shape index (κ3) is 2.53. The van der Waals surface area contributed by atoms with Gasteiger partial charge < -0.3 is 4.90 Å². The van der Waals surface area contributed by atoms with Gasteiger partial charge in [-0.3, -0.25) is 4.79 Å². The Morgan fingerprint density at radius 2 is 2.06 bits per heavy atom. The molecule has 2 aliphatic rings. The fraction of sp³-hybridized carbons (Fsp3) is 0.923. The summed E-state index contributed by atoms with van der Waals surface area (Å²) in [7, 11) is 0. The average molecular weight is 244 g/mol. The van der Waals surface area contributed by atoms with Gasteiger partial charge in [0.2, 0.25) is 5.91 Å². The van der Waals surface area contributed by atoms with Crippen molar-refractivity contribution in [2.45, 2.75) is 51.5 Å². The highest BCUT2D eigenvalue weighted by molar-refractivity contribution is 6.18. The third-order valence-corrected chi connectivity index (χ3v) is 4.72. The number of hydrogen-bond donors (Lipinski definition) is 0. The summed E-state index contributed by atoms with van der Waals surface area (Å²) < 4.78 is 0. The van der Waals surface area contributed by atoms with E-state index in [9.17, 15) is 4.79 Å². The predicted molar refractivity (Wildman–Crippen MR) is 66.6 cm³/mol. The fourth-order valence-corrected chi connectivity index (χ4v) is 3.38. The Hall–Kier alpha value is -0.240. The van der Waals surface area contributed by atoms with Gasteiger partial charge >= 0.3 is 0 Å². The zero-order valence-electron chi connectivity index (χ0n) is 10.1. The molecule has 1 amide bonds. The van der Waals surface area contributed by atoms with Gasteiger partial charge in [-0.05, 0) is 31.6 Å². The van der Waals surface area contributed by atoms with Gasteiger partial charge in [-0.25, -0.2) is 0 Å². The Kier molecular flexibility index (Phi) is 4.12. The molecule has 1 aliphatic heterocycles. The summed E-state index contributed by atoms with van der Waals surface area (Å²) in [5, 5.41) is 0. The molecule has 0 N–H and O–H groups in total. The zero-order chi connectivity index (χ0) is 11.5. The summed E-state index contributed by atoms with van der Waals surface area (Å²) >= 11 is 5.85. The van der Waals surface area contributed by atoms with Crippen LogP contribution in [0.5, 0.6) is 0 Å². The van der Waals surface area contributed by atoms with Crippen molar-refractivity contribution in [1.82, 2.24) is 4.90 Å². The van der Waals surface area contributed by atoms with Gasteiger partial charge in [0.1, 0.15) is 0 Å². The van der Waals surface area contributed by atoms with Crippen molar-refractivity contribution >= 4 is 17.5 Å². The van der Waals surface area contributed by atoms with Crippen LogP contribution in [-0.2, 0) is 4.79 Å². The van der Waals surface area contributed by atoms with Gasteiger partial charge in [-0.15, -0.1) is 11.6 Å². The number of nitrogens with zero attached hydrogens (tertiary/aromatic N) is 1. The summed E-state index contributed by atoms with van der Waals surface area (Å²) in [4.78, 5) is 14.0. The van der Waals surface area contributed by atoms with Gasteiger partial charge in [-0.2, -0.15) is 0 Å². The molecule has 0 spiro atoms. The molecule has 1 saturated heterocycles. The van der Waals surface area contributed by atoms with Crippen LogP contribution in [0.25, 0.3) is 0 Å². The second kappa shape index (κ2) is 5.39. The number of hydrogen-bond acceptors (Lipinski definition) is 1. The maximum Gasteiger partial charge on any atom is 0.223 e. The van der Waals surface area contributed by atoms with Crippen molar-refractivity contribution in [3.05, 3.63) is 0 Å². The molecule has 1 aliphatic carbocycles. The quantitative estimate of drug-likeness (QED) is 0.698. The lowest BCUT2D eigenvalue weighted by Crippen LogP contribution is -2.40. The van der Waals surface area contributed by atoms with Gasteiger partial charge in [-0.1, -0.05) is 19.3 Å². The monoisotopic (exact) mass is 243 g/mol. The number of carbonyl (C=O) groups is 1. The number of amides is 1. The SMILES string of the molecule is CC(C1CCCCC1)N1CC(CCl)CC1=O. The number of halogens is 1. The van der Waals surface area contributed by atoms with Gasteiger partial charge in [0, 0.05) is 24.9 Å². The van der Waals surface area contributed by atoms with E-state index in [4.69, 9.17) is 11.6 Å². The number of rotatable bonds is 3. The number of likely N-dealkylation sites (tertiary alicyclic amines) is 1. The second-order valence-corrected chi connectivity index (χ2v) is 5.72. The molecule has 2 unspecified atom stereocenters. The van der Waals surface area contributed by atoms with Crippen LogP contribution >= 0.6 is 11.6 Å². The van der Waals surface area contributed by atoms with E-state index in [-0.39, 0.29) is 0 Å². The van der Waals surface area contributed by atoms with Gasteiger partial charge in [0.25, 0.3) is 0 Å². The zero-order valence-corrected chi connectivity index (χ0v) is 10.9. The molecule has 2 nitrogen and oxygen atoms in total. The van der Waals surface area contributed by atoms with Crippen LogP contribution in [0.4, 0.5) is 0 Å². The van der Waals surface area contributed by atoms with E-state index >= 15 is 0 Å². The van der Waals surface area contributed by atoms with E-state index in [1.54, 1.807) is 0 Å². The van der Waals surface area contributed by atoms with E-state index in [2.05, 4.69) is 11.8 Å². The molecule has 0 bridgehead atoms. The molecular weight excluding hydrogens is 222 g/mol. The van der Waals surface area contributed by atoms with Crippen molar-refractivity contribution in [1.29, 1.82) is 0 Å². The number of alkyl halides is 1. The second-order valence-electron chi connectivity index (χ2n) is 5.41. The van der Waals surface area contributed by atoms with Crippen LogP contribution in [-0.4, -0.2) is 29.3 Å². The van der Waals surface area contributed by atoms with Crippen LogP contribution in [0.15, 0.2) is 0 Å². The molecule has 2 atom stereocenters. The average Bonchev–Trinajstić information content (AvgIpc) is 2.71. The Labute approximate surface area is 103 Å². The number of carbonyl (C=O) groups excluding carboxylic acids is 1. The van der Waals surface area contributed by atoms with Crippen LogP contribution in [0.3, 0.4) is 0 Å². The molecule has 1 saturated carbocycles. The lowest BCUT2D eigenvalue weighted by molar-refractivity contribution is -0.130. The lowest BCUT2D eigenvalue weighted by Gasteiger charge is -2.34. The van der Waals surface area contributed by atoms with Crippen LogP contribution in [0, 0.1) is 11.8 Å². The smallest absolute Gasteiger partial charge is 0.223 e. The summed E-state index contributed by atoms with van der Waals surface area (Å²) in [6, 6.07) is 0.431. The molecule has 2 fully saturated rings. The van der Waals surface area contributed by atoms with E-state index in [0.29, 0.717) is 30.2 Å². The van der Waals surface area contributed by atoms with Crippen molar-refractivity contribution in [3.63, 3.8) is 0 Å². The van der Waals surface area contributed by atoms with Gasteiger partial charge in [0.15, 0.2) is 0 Å². The Bertz CT molecular complexity index is 250. The topological polar surface area (TPSA) is 20.3 Å². The molecule has 92 valence electrons. The van der Waals surface area contributed by atoms with Crippen LogP contribution in [0.2, 0.25) is 0 Å². The minimum Gasteiger partial charge on any atom is -0.339 e. The Morgan fingerprint density at radius 3 is 2.62 bits per heavy atom. The van der Waals surface area contributed by atoms with Crippen LogP contribution in [0.1, 0.15) is 45.4 Å². The molecule has 0 aromatic rings. The van der Waals surface area contributed by atoms with Crippen LogP contribution < -0.4 is 0 Å². The first-order valence-corrected chi connectivity index (χ1v) is 7.11. The van der Waals surface area contributed by atoms with Crippen molar-refractivity contribution in [2.24, 2.45) is 11.8 Å². The van der Waals surface area contributed by atoms with E-state index in [1.807, 2.05) is 0 Å². The molecule has 0 aromatic heterocycles. The maximum atomic E-state index is 11.9. The molecular formula is C13H22ClNO. The first kappa shape index (κ1) is 12.2. The highest BCUT2D eigenvalue weighted by Crippen LogP contribution is 2.32. The molecule has 16 heavy (non-hydrogen) atoms. The third-order valence-electron chi connectivity index (χ3n) is 4.28. The minimum absolute atomic E-state index is 0.323. The molecule has 0 aromatic carbocycles. The van der Waals surface area contributed by atoms with Crippen molar-refractivity contribution in [2.75, 3.05) is 12.4 Å². The lowest BCUT2D eigenvalue weighted by atomic mass is 9.84. The highest BCUT2D eigenvalue weighted by Gasteiger charge is 2.35. The molecule has 3 heteroatoms. The van der Waals surface area contributed by atoms with E-state index in [1.165, 1.54) is 32.1 Å². The normalized spacial score (nSPS) is 29.8. The standard InChI is InChI=1S/C13H22ClNO/c1-10(12-5-3-2-4-6-12)15-9-11(8-14)7-13(15)16/h10-12H,2-9H2,1H3. The predicted octanol–water partition coefficient (Wildman–Crippen LogP) is 3.04. The maximum absolute atomic E-state index is 11.9. The Morgan fingerprint density at radius 1 is 1.38 bits per heavy atom. The summed E-state index contributed by atoms with van der Waals surface area (Å²) in [6.07, 6.45) is 7.33. The van der Waals surface area contributed by atoms with Crippen molar-refractivity contribution in [3.8, 4) is 0 Å². The molecule has 2 rings (SSSR count). The fourth-order valence-electron chi connectivity index (χ4n) is 3.18. The first-order valence-electron chi connectivity index (χ1n) is 6.57. The highest BCUT2D eigenvalue weighted by atomic mass is 35.5. The van der Waals surface area contributed by atoms with E-state index < -0.39 is 0 Å².